The number of rotatable bonds is 5. The van der Waals surface area contributed by atoms with Gasteiger partial charge < -0.3 is 23.7 Å². The molecule has 0 spiro atoms. The van der Waals surface area contributed by atoms with E-state index >= 15 is 0 Å². The Morgan fingerprint density at radius 2 is 1.33 bits per heavy atom. The van der Waals surface area contributed by atoms with Crippen molar-refractivity contribution in [3.8, 4) is 0 Å². The summed E-state index contributed by atoms with van der Waals surface area (Å²) in [5.74, 6) is -3.11. The van der Waals surface area contributed by atoms with Gasteiger partial charge in [0.25, 0.3) is 0 Å². The van der Waals surface area contributed by atoms with Crippen molar-refractivity contribution < 1.29 is 47.3 Å². The van der Waals surface area contributed by atoms with Crippen molar-refractivity contribution in [1.29, 1.82) is 0 Å². The Bertz CT molecular complexity index is 490. The Kier molecular flexibility index (Phi) is 7.08. The zero-order chi connectivity index (χ0) is 18.4. The van der Waals surface area contributed by atoms with Crippen LogP contribution in [-0.2, 0) is 42.9 Å². The molecule has 0 amide bonds. The van der Waals surface area contributed by atoms with Crippen molar-refractivity contribution in [2.45, 2.75) is 58.5 Å². The van der Waals surface area contributed by atoms with E-state index in [9.17, 15) is 23.6 Å². The van der Waals surface area contributed by atoms with E-state index in [1.165, 1.54) is 0 Å². The Morgan fingerprint density at radius 1 is 0.833 bits per heavy atom. The molecule has 1 heterocycles. The van der Waals surface area contributed by atoms with Crippen LogP contribution in [0.25, 0.3) is 0 Å². The second-order valence-electron chi connectivity index (χ2n) is 5.05. The zero-order valence-corrected chi connectivity index (χ0v) is 13.6. The van der Waals surface area contributed by atoms with Crippen LogP contribution in [0.3, 0.4) is 0 Å². The molecule has 0 radical (unpaired) electrons. The average molecular weight is 349 g/mol. The first-order valence-electron chi connectivity index (χ1n) is 7.06. The summed E-state index contributed by atoms with van der Waals surface area (Å²) in [6, 6.07) is 0. The van der Waals surface area contributed by atoms with Crippen LogP contribution in [0.5, 0.6) is 0 Å². The molecule has 1 unspecified atom stereocenters. The van der Waals surface area contributed by atoms with E-state index in [1.54, 1.807) is 0 Å². The van der Waals surface area contributed by atoms with E-state index in [0.29, 0.717) is 0 Å². The number of ether oxygens (including phenoxy) is 5. The normalized spacial score (nSPS) is 29.3. The van der Waals surface area contributed by atoms with Crippen molar-refractivity contribution in [3.63, 3.8) is 0 Å². The maximum absolute atomic E-state index is 14.5. The number of halogens is 1. The predicted octanol–water partition coefficient (Wildman–Crippen LogP) is 0.0390. The van der Waals surface area contributed by atoms with Crippen LogP contribution in [0.4, 0.5) is 4.39 Å². The summed E-state index contributed by atoms with van der Waals surface area (Å²) in [4.78, 5) is 44.5. The Hall–Kier alpha value is -2.23. The topological polar surface area (TPSA) is 114 Å². The Labute approximate surface area is 137 Å². The maximum Gasteiger partial charge on any atom is 0.305 e. The Balaban J connectivity index is 3.08. The molecule has 5 atom stereocenters. The van der Waals surface area contributed by atoms with E-state index in [4.69, 9.17) is 23.7 Å². The first-order valence-corrected chi connectivity index (χ1v) is 7.06. The van der Waals surface area contributed by atoms with E-state index in [1.807, 2.05) is 0 Å². The van der Waals surface area contributed by atoms with Gasteiger partial charge in [0.1, 0.15) is 12.7 Å². The molecular weight excluding hydrogens is 330 g/mol. The molecule has 0 saturated carbocycles. The Morgan fingerprint density at radius 3 is 1.79 bits per heavy atom. The van der Waals surface area contributed by atoms with Crippen LogP contribution in [0, 0.1) is 0 Å². The van der Waals surface area contributed by atoms with Gasteiger partial charge in [-0.2, -0.15) is 0 Å². The highest BCUT2D eigenvalue weighted by molar-refractivity contribution is 5.68. The van der Waals surface area contributed by atoms with Crippen LogP contribution in [0.1, 0.15) is 27.7 Å². The van der Waals surface area contributed by atoms with Crippen LogP contribution in [0.2, 0.25) is 0 Å². The van der Waals surface area contributed by atoms with E-state index in [2.05, 4.69) is 0 Å². The molecule has 10 heteroatoms. The lowest BCUT2D eigenvalue weighted by Crippen LogP contribution is -2.60. The van der Waals surface area contributed by atoms with Gasteiger partial charge in [-0.15, -0.1) is 0 Å². The third-order valence-electron chi connectivity index (χ3n) is 2.91. The van der Waals surface area contributed by atoms with Crippen molar-refractivity contribution in [3.05, 3.63) is 0 Å². The summed E-state index contributed by atoms with van der Waals surface area (Å²) in [7, 11) is 0. The molecule has 0 aliphatic carbocycles. The smallest absolute Gasteiger partial charge is 0.305 e. The zero-order valence-electron chi connectivity index (χ0n) is 13.6. The van der Waals surface area contributed by atoms with Crippen molar-refractivity contribution in [1.82, 2.24) is 0 Å². The number of alkyl halides is 1. The molecule has 0 aromatic heterocycles. The van der Waals surface area contributed by atoms with E-state index in [0.717, 1.165) is 27.7 Å². The van der Waals surface area contributed by atoms with Gasteiger partial charge in [-0.1, -0.05) is 0 Å². The van der Waals surface area contributed by atoms with Crippen LogP contribution >= 0.6 is 0 Å². The van der Waals surface area contributed by atoms with Crippen LogP contribution in [-0.4, -0.2) is 61.3 Å². The van der Waals surface area contributed by atoms with Crippen molar-refractivity contribution in [2.24, 2.45) is 0 Å². The highest BCUT2D eigenvalue weighted by Crippen LogP contribution is 2.29. The minimum atomic E-state index is -2.10. The van der Waals surface area contributed by atoms with Gasteiger partial charge >= 0.3 is 23.9 Å². The first kappa shape index (κ1) is 19.8. The number of hydrogen-bond acceptors (Lipinski definition) is 9. The van der Waals surface area contributed by atoms with E-state index in [-0.39, 0.29) is 0 Å². The highest BCUT2D eigenvalue weighted by Gasteiger charge is 2.52. The molecule has 0 N–H and O–H groups in total. The third-order valence-corrected chi connectivity index (χ3v) is 2.91. The monoisotopic (exact) mass is 349 g/mol. The fourth-order valence-corrected chi connectivity index (χ4v) is 2.12. The van der Waals surface area contributed by atoms with Gasteiger partial charge in [-0.3, -0.25) is 19.2 Å². The fraction of sp³-hybridized carbons (Fsp3) is 0.714. The van der Waals surface area contributed by atoms with Crippen LogP contribution in [0.15, 0.2) is 0 Å². The van der Waals surface area contributed by atoms with E-state index < -0.39 is 61.3 Å². The molecular formula is C14H19FO9. The number of esters is 4. The maximum atomic E-state index is 14.5. The van der Waals surface area contributed by atoms with Crippen LogP contribution < -0.4 is 0 Å². The minimum absolute atomic E-state index is 0.421. The quantitative estimate of drug-likeness (QED) is 0.501. The van der Waals surface area contributed by atoms with Gasteiger partial charge in [-0.05, 0) is 0 Å². The molecule has 136 valence electrons. The number of carbonyl (C=O) groups excluding carboxylic acids is 4. The summed E-state index contributed by atoms with van der Waals surface area (Å²) in [5, 5.41) is 0. The van der Waals surface area contributed by atoms with Gasteiger partial charge in [0, 0.05) is 27.7 Å². The molecule has 9 nitrogen and oxygen atoms in total. The van der Waals surface area contributed by atoms with Gasteiger partial charge in [-0.25, -0.2) is 4.39 Å². The van der Waals surface area contributed by atoms with Crippen molar-refractivity contribution >= 4 is 23.9 Å². The van der Waals surface area contributed by atoms with Gasteiger partial charge in [0.2, 0.25) is 12.5 Å². The molecule has 0 aromatic carbocycles. The molecule has 1 aliphatic rings. The second kappa shape index (κ2) is 8.57. The summed E-state index contributed by atoms with van der Waals surface area (Å²) < 4.78 is 39.0. The molecule has 24 heavy (non-hydrogen) atoms. The summed E-state index contributed by atoms with van der Waals surface area (Å²) in [5.41, 5.74) is 0. The second-order valence-corrected chi connectivity index (χ2v) is 5.05. The highest BCUT2D eigenvalue weighted by atomic mass is 18.2. The SMILES string of the molecule is CC(=O)OC[C@H]1O[C@@H](OC(C)=O)C([18F])[C@@H](OC(C)=O)[C@@H]1OC(C)=O. The minimum Gasteiger partial charge on any atom is -0.463 e. The molecule has 1 rings (SSSR count). The fourth-order valence-electron chi connectivity index (χ4n) is 2.12. The summed E-state index contributed by atoms with van der Waals surface area (Å²) in [6.07, 6.45) is -7.98. The molecule has 1 fully saturated rings. The lowest BCUT2D eigenvalue weighted by atomic mass is 9.99. The average Bonchev–Trinajstić information content (AvgIpc) is 2.42. The predicted molar refractivity (Wildman–Crippen MR) is 73.1 cm³/mol. The van der Waals surface area contributed by atoms with Gasteiger partial charge in [0.15, 0.2) is 12.2 Å². The lowest BCUT2D eigenvalue weighted by molar-refractivity contribution is -0.284. The standard InChI is InChI=1S/C14H19FO9/c1-6(16)20-5-10-12(21-7(2)17)13(22-8(3)18)11(15)14(24-10)23-9(4)19/h10-14H,5H2,1-4H3/t10-,11?,12-,13-,14-/m1/s1/i15-1. The number of hydrogen-bond donors (Lipinski definition) is 0. The third kappa shape index (κ3) is 5.76. The van der Waals surface area contributed by atoms with Gasteiger partial charge in [0.05, 0.1) is 0 Å². The summed E-state index contributed by atoms with van der Waals surface area (Å²) in [6.45, 7) is 3.86. The first-order chi connectivity index (χ1) is 11.1. The summed E-state index contributed by atoms with van der Waals surface area (Å²) >= 11 is 0. The molecule has 1 aliphatic heterocycles. The molecule has 1 saturated heterocycles. The largest absolute Gasteiger partial charge is 0.463 e. The molecule has 0 aromatic rings. The van der Waals surface area contributed by atoms with Crippen molar-refractivity contribution in [2.75, 3.05) is 6.61 Å². The molecule has 0 bridgehead atoms. The lowest BCUT2D eigenvalue weighted by Gasteiger charge is -2.41. The number of carbonyl (C=O) groups is 4.